The number of rotatable bonds is 4. The fourth-order valence-corrected chi connectivity index (χ4v) is 3.67. The van der Waals surface area contributed by atoms with Gasteiger partial charge in [0.25, 0.3) is 0 Å². The highest BCUT2D eigenvalue weighted by Gasteiger charge is 2.37. The summed E-state index contributed by atoms with van der Waals surface area (Å²) < 4.78 is 0. The average Bonchev–Trinajstić information content (AvgIpc) is 3.46. The van der Waals surface area contributed by atoms with E-state index in [1.165, 1.54) is 10.8 Å². The molecule has 1 aliphatic heterocycles. The molecular weight excluding hydrogens is 298 g/mol. The number of nitrogens with zero attached hydrogens (tertiary/aromatic N) is 1. The number of urea groups is 1. The largest absolute Gasteiger partial charge is 0.334 e. The third-order valence-corrected chi connectivity index (χ3v) is 5.10. The van der Waals surface area contributed by atoms with Crippen LogP contribution in [-0.4, -0.2) is 36.1 Å². The van der Waals surface area contributed by atoms with Gasteiger partial charge in [0.05, 0.1) is 0 Å². The van der Waals surface area contributed by atoms with Crippen LogP contribution in [0.25, 0.3) is 10.8 Å². The summed E-state index contributed by atoms with van der Waals surface area (Å²) in [7, 11) is 0. The van der Waals surface area contributed by atoms with Crippen molar-refractivity contribution in [2.24, 2.45) is 0 Å². The van der Waals surface area contributed by atoms with E-state index in [1.807, 2.05) is 0 Å². The second-order valence-corrected chi connectivity index (χ2v) is 6.98. The summed E-state index contributed by atoms with van der Waals surface area (Å²) in [5.74, 6) is 0. The van der Waals surface area contributed by atoms with Crippen LogP contribution in [0.2, 0.25) is 0 Å². The monoisotopic (exact) mass is 323 g/mol. The van der Waals surface area contributed by atoms with E-state index in [9.17, 15) is 4.79 Å². The van der Waals surface area contributed by atoms with Crippen LogP contribution in [0, 0.1) is 0 Å². The summed E-state index contributed by atoms with van der Waals surface area (Å²) in [6.45, 7) is 2.60. The molecule has 2 N–H and O–H groups in total. The van der Waals surface area contributed by atoms with Gasteiger partial charge >= 0.3 is 6.03 Å². The lowest BCUT2D eigenvalue weighted by atomic mass is 10.1. The zero-order chi connectivity index (χ0) is 16.4. The topological polar surface area (TPSA) is 44.4 Å². The fourth-order valence-electron chi connectivity index (χ4n) is 3.67. The van der Waals surface area contributed by atoms with Crippen molar-refractivity contribution in [3.63, 3.8) is 0 Å². The van der Waals surface area contributed by atoms with Gasteiger partial charge in [0.1, 0.15) is 0 Å². The maximum Gasteiger partial charge on any atom is 0.318 e. The molecule has 126 valence electrons. The van der Waals surface area contributed by atoms with Crippen molar-refractivity contribution in [2.45, 2.75) is 44.3 Å². The Balaban J connectivity index is 1.42. The molecule has 1 heterocycles. The minimum absolute atomic E-state index is 0.0966. The summed E-state index contributed by atoms with van der Waals surface area (Å²) in [6.07, 6.45) is 4.58. The summed E-state index contributed by atoms with van der Waals surface area (Å²) in [6, 6.07) is 15.6. The fraction of sp³-hybridized carbons (Fsp3) is 0.450. The van der Waals surface area contributed by atoms with Crippen LogP contribution >= 0.6 is 0 Å². The zero-order valence-corrected chi connectivity index (χ0v) is 14.0. The first kappa shape index (κ1) is 15.5. The molecule has 2 amide bonds. The molecule has 1 saturated carbocycles. The van der Waals surface area contributed by atoms with E-state index in [1.54, 1.807) is 0 Å². The van der Waals surface area contributed by atoms with Crippen molar-refractivity contribution in [1.29, 1.82) is 0 Å². The van der Waals surface area contributed by atoms with Crippen LogP contribution in [0.15, 0.2) is 42.5 Å². The molecule has 1 saturated heterocycles. The Labute approximate surface area is 143 Å². The molecule has 2 aromatic rings. The molecule has 1 atom stereocenters. The number of piperidine rings is 1. The number of fused-ring (bicyclic) bond motifs is 1. The first-order valence-electron chi connectivity index (χ1n) is 9.06. The Morgan fingerprint density at radius 2 is 1.92 bits per heavy atom. The highest BCUT2D eigenvalue weighted by atomic mass is 16.2. The third-order valence-electron chi connectivity index (χ3n) is 5.10. The minimum atomic E-state index is 0.0966. The summed E-state index contributed by atoms with van der Waals surface area (Å²) in [4.78, 5) is 14.9. The molecule has 0 bridgehead atoms. The van der Waals surface area contributed by atoms with Crippen LogP contribution in [-0.2, 0) is 6.54 Å². The minimum Gasteiger partial charge on any atom is -0.334 e. The number of hydrogen-bond acceptors (Lipinski definition) is 2. The van der Waals surface area contributed by atoms with Gasteiger partial charge in [-0.1, -0.05) is 36.4 Å². The Hall–Kier alpha value is -2.07. The van der Waals surface area contributed by atoms with Crippen molar-refractivity contribution in [1.82, 2.24) is 15.5 Å². The maximum atomic E-state index is 12.7. The van der Waals surface area contributed by atoms with Gasteiger partial charge in [-0.15, -0.1) is 0 Å². The molecule has 2 aliphatic rings. The van der Waals surface area contributed by atoms with E-state index in [-0.39, 0.29) is 6.03 Å². The number of hydrogen-bond donors (Lipinski definition) is 2. The average molecular weight is 323 g/mol. The third kappa shape index (κ3) is 3.39. The Bertz CT molecular complexity index is 720. The molecule has 0 aromatic heterocycles. The predicted molar refractivity (Wildman–Crippen MR) is 96.9 cm³/mol. The van der Waals surface area contributed by atoms with E-state index >= 15 is 0 Å². The van der Waals surface area contributed by atoms with Gasteiger partial charge in [-0.2, -0.15) is 0 Å². The van der Waals surface area contributed by atoms with Crippen LogP contribution in [0.5, 0.6) is 0 Å². The van der Waals surface area contributed by atoms with E-state index < -0.39 is 0 Å². The first-order valence-corrected chi connectivity index (χ1v) is 9.06. The molecule has 4 nitrogen and oxygen atoms in total. The molecule has 1 aliphatic carbocycles. The van der Waals surface area contributed by atoms with Crippen LogP contribution in [0.4, 0.5) is 4.79 Å². The lowest BCUT2D eigenvalue weighted by Crippen LogP contribution is -2.52. The maximum absolute atomic E-state index is 12.7. The Morgan fingerprint density at radius 1 is 1.08 bits per heavy atom. The number of carbonyl (C=O) groups is 1. The Morgan fingerprint density at radius 3 is 2.67 bits per heavy atom. The van der Waals surface area contributed by atoms with Gasteiger partial charge in [-0.05, 0) is 54.6 Å². The molecule has 24 heavy (non-hydrogen) atoms. The van der Waals surface area contributed by atoms with Gasteiger partial charge < -0.3 is 15.5 Å². The SMILES string of the molecule is O=C(NCc1ccc2ccccc2c1)N(C1CC1)[C@@H]1CCCNC1. The quantitative estimate of drug-likeness (QED) is 0.907. The van der Waals surface area contributed by atoms with E-state index in [0.717, 1.165) is 44.3 Å². The number of nitrogens with one attached hydrogen (secondary N) is 2. The van der Waals surface area contributed by atoms with Crippen molar-refractivity contribution in [2.75, 3.05) is 13.1 Å². The van der Waals surface area contributed by atoms with Gasteiger partial charge in [-0.3, -0.25) is 0 Å². The van der Waals surface area contributed by atoms with E-state index in [2.05, 4.69) is 58.0 Å². The Kier molecular flexibility index (Phi) is 4.39. The highest BCUT2D eigenvalue weighted by Crippen LogP contribution is 2.30. The molecule has 2 aromatic carbocycles. The van der Waals surface area contributed by atoms with Crippen molar-refractivity contribution >= 4 is 16.8 Å². The zero-order valence-electron chi connectivity index (χ0n) is 14.0. The van der Waals surface area contributed by atoms with Crippen molar-refractivity contribution in [3.05, 3.63) is 48.0 Å². The standard InChI is InChI=1S/C20H25N3O/c24-20(23(18-9-10-18)19-6-3-11-21-14-19)22-13-15-7-8-16-4-1-2-5-17(16)12-15/h1-2,4-5,7-8,12,18-19,21H,3,6,9-11,13-14H2,(H,22,24)/t19-/m1/s1. The lowest BCUT2D eigenvalue weighted by Gasteiger charge is -2.35. The summed E-state index contributed by atoms with van der Waals surface area (Å²) >= 11 is 0. The number of amides is 2. The molecular formula is C20H25N3O. The second-order valence-electron chi connectivity index (χ2n) is 6.98. The predicted octanol–water partition coefficient (Wildman–Crippen LogP) is 3.27. The van der Waals surface area contributed by atoms with Crippen LogP contribution in [0.3, 0.4) is 0 Å². The van der Waals surface area contributed by atoms with Gasteiger partial charge in [-0.25, -0.2) is 4.79 Å². The van der Waals surface area contributed by atoms with Gasteiger partial charge in [0.15, 0.2) is 0 Å². The number of benzene rings is 2. The first-order chi connectivity index (χ1) is 11.8. The lowest BCUT2D eigenvalue weighted by molar-refractivity contribution is 0.155. The normalized spacial score (nSPS) is 20.8. The highest BCUT2D eigenvalue weighted by molar-refractivity contribution is 5.83. The number of carbonyl (C=O) groups excluding carboxylic acids is 1. The summed E-state index contributed by atoms with van der Waals surface area (Å²) in [5, 5.41) is 9.03. The van der Waals surface area contributed by atoms with Crippen LogP contribution in [0.1, 0.15) is 31.2 Å². The van der Waals surface area contributed by atoms with E-state index in [4.69, 9.17) is 0 Å². The molecule has 0 unspecified atom stereocenters. The van der Waals surface area contributed by atoms with E-state index in [0.29, 0.717) is 18.6 Å². The van der Waals surface area contributed by atoms with Crippen LogP contribution < -0.4 is 10.6 Å². The smallest absolute Gasteiger partial charge is 0.318 e. The molecule has 0 radical (unpaired) electrons. The molecule has 2 fully saturated rings. The van der Waals surface area contributed by atoms with Crippen molar-refractivity contribution in [3.8, 4) is 0 Å². The molecule has 0 spiro atoms. The second kappa shape index (κ2) is 6.81. The van der Waals surface area contributed by atoms with Gasteiger partial charge in [0, 0.05) is 25.2 Å². The molecule has 4 rings (SSSR count). The van der Waals surface area contributed by atoms with Crippen molar-refractivity contribution < 1.29 is 4.79 Å². The van der Waals surface area contributed by atoms with Gasteiger partial charge in [0.2, 0.25) is 0 Å². The molecule has 4 heteroatoms. The summed E-state index contributed by atoms with van der Waals surface area (Å²) in [5.41, 5.74) is 1.15.